The molecule has 3 aliphatic rings. The third-order valence-corrected chi connectivity index (χ3v) is 8.42. The van der Waals surface area contributed by atoms with E-state index in [1.165, 1.54) is 6.42 Å². The molecule has 1 aromatic carbocycles. The molecule has 9 nitrogen and oxygen atoms in total. The standard InChI is InChI=1S/C31H49N5O4/c1-22(2)17-28-30(38)35(20-23-12-14-25(15-13-23)34(3)4)21-26(18-29(37)32-19-27-11-8-16-40-27)36(28)31(39)33-24-9-6-5-7-10-24/h12-15,22,24,26-28H,5-11,16-21H2,1-4H3,(H,32,37)(H,33,39)/t26?,27-,28+/m1/s1. The molecule has 3 fully saturated rings. The van der Waals surface area contributed by atoms with E-state index < -0.39 is 12.1 Å². The molecule has 0 spiro atoms. The van der Waals surface area contributed by atoms with Gasteiger partial charge in [-0.05, 0) is 55.7 Å². The van der Waals surface area contributed by atoms with Crippen LogP contribution in [-0.4, -0.2) is 85.7 Å². The lowest BCUT2D eigenvalue weighted by Gasteiger charge is -2.47. The van der Waals surface area contributed by atoms with Gasteiger partial charge in [-0.15, -0.1) is 0 Å². The third kappa shape index (κ3) is 8.12. The Bertz CT molecular complexity index is 986. The quantitative estimate of drug-likeness (QED) is 0.457. The Morgan fingerprint density at radius 1 is 1.05 bits per heavy atom. The highest BCUT2D eigenvalue weighted by atomic mass is 16.5. The first-order valence-electron chi connectivity index (χ1n) is 15.2. The van der Waals surface area contributed by atoms with Crippen molar-refractivity contribution in [2.75, 3.05) is 38.7 Å². The number of benzene rings is 1. The minimum absolute atomic E-state index is 0.0415. The Hall–Kier alpha value is -2.81. The van der Waals surface area contributed by atoms with Crippen molar-refractivity contribution < 1.29 is 19.1 Å². The van der Waals surface area contributed by atoms with Gasteiger partial charge < -0.3 is 30.1 Å². The summed E-state index contributed by atoms with van der Waals surface area (Å²) >= 11 is 0. The van der Waals surface area contributed by atoms with Crippen LogP contribution in [0.5, 0.6) is 0 Å². The molecule has 4 rings (SSSR count). The number of hydrogen-bond acceptors (Lipinski definition) is 5. The van der Waals surface area contributed by atoms with Crippen LogP contribution in [0, 0.1) is 5.92 Å². The summed E-state index contributed by atoms with van der Waals surface area (Å²) < 4.78 is 5.67. The zero-order valence-corrected chi connectivity index (χ0v) is 24.9. The molecule has 2 heterocycles. The summed E-state index contributed by atoms with van der Waals surface area (Å²) in [5.41, 5.74) is 2.13. The summed E-state index contributed by atoms with van der Waals surface area (Å²) in [4.78, 5) is 46.6. The highest BCUT2D eigenvalue weighted by molar-refractivity contribution is 5.89. The molecule has 0 aromatic heterocycles. The lowest BCUT2D eigenvalue weighted by molar-refractivity contribution is -0.145. The van der Waals surface area contributed by atoms with Gasteiger partial charge in [0.05, 0.1) is 12.1 Å². The molecular formula is C31H49N5O4. The van der Waals surface area contributed by atoms with Crippen LogP contribution in [0.3, 0.4) is 0 Å². The van der Waals surface area contributed by atoms with E-state index in [1.54, 1.807) is 4.90 Å². The van der Waals surface area contributed by atoms with Gasteiger partial charge in [0.15, 0.2) is 0 Å². The topological polar surface area (TPSA) is 94.2 Å². The van der Waals surface area contributed by atoms with Gasteiger partial charge in [0.25, 0.3) is 0 Å². The maximum atomic E-state index is 14.0. The number of nitrogens with zero attached hydrogens (tertiary/aromatic N) is 3. The predicted octanol–water partition coefficient (Wildman–Crippen LogP) is 3.91. The maximum Gasteiger partial charge on any atom is 0.318 e. The van der Waals surface area contributed by atoms with Crippen molar-refractivity contribution in [3.05, 3.63) is 29.8 Å². The van der Waals surface area contributed by atoms with Crippen molar-refractivity contribution in [2.24, 2.45) is 5.92 Å². The number of carbonyl (C=O) groups excluding carboxylic acids is 3. The summed E-state index contributed by atoms with van der Waals surface area (Å²) in [5.74, 6) is 0.0661. The molecule has 222 valence electrons. The molecule has 1 unspecified atom stereocenters. The first kappa shape index (κ1) is 30.2. The highest BCUT2D eigenvalue weighted by Gasteiger charge is 2.44. The average Bonchev–Trinajstić information content (AvgIpc) is 3.44. The lowest BCUT2D eigenvalue weighted by Crippen LogP contribution is -2.66. The van der Waals surface area contributed by atoms with E-state index in [1.807, 2.05) is 36.0 Å². The molecule has 1 aromatic rings. The molecule has 1 saturated carbocycles. The van der Waals surface area contributed by atoms with Gasteiger partial charge in [-0.1, -0.05) is 45.2 Å². The summed E-state index contributed by atoms with van der Waals surface area (Å²) in [6, 6.07) is 7.10. The van der Waals surface area contributed by atoms with Gasteiger partial charge in [-0.25, -0.2) is 4.79 Å². The van der Waals surface area contributed by atoms with Gasteiger partial charge in [0.2, 0.25) is 11.8 Å². The van der Waals surface area contributed by atoms with Crippen molar-refractivity contribution in [3.63, 3.8) is 0 Å². The van der Waals surface area contributed by atoms with E-state index in [2.05, 4.69) is 36.6 Å². The summed E-state index contributed by atoms with van der Waals surface area (Å²) in [6.07, 6.45) is 8.06. The van der Waals surface area contributed by atoms with Gasteiger partial charge in [0.1, 0.15) is 6.04 Å². The SMILES string of the molecule is CC(C)C[C@H]1C(=O)N(Cc2ccc(N(C)C)cc2)CC(CC(=O)NC[C@H]2CCCO2)N1C(=O)NC1CCCCC1. The Morgan fingerprint density at radius 2 is 1.77 bits per heavy atom. The number of ether oxygens (including phenoxy) is 1. The average molecular weight is 556 g/mol. The van der Waals surface area contributed by atoms with E-state index in [9.17, 15) is 14.4 Å². The van der Waals surface area contributed by atoms with Crippen LogP contribution in [0.25, 0.3) is 0 Å². The second kappa shape index (κ2) is 14.2. The van der Waals surface area contributed by atoms with Crippen LogP contribution in [-0.2, 0) is 20.9 Å². The van der Waals surface area contributed by atoms with Crippen LogP contribution < -0.4 is 15.5 Å². The number of anilines is 1. The number of urea groups is 1. The Kier molecular flexibility index (Phi) is 10.7. The number of hydrogen-bond donors (Lipinski definition) is 2. The number of rotatable bonds is 10. The van der Waals surface area contributed by atoms with E-state index in [4.69, 9.17) is 4.74 Å². The molecule has 2 aliphatic heterocycles. The second-order valence-corrected chi connectivity index (χ2v) is 12.4. The van der Waals surface area contributed by atoms with Gasteiger partial charge in [-0.3, -0.25) is 9.59 Å². The van der Waals surface area contributed by atoms with Crippen molar-refractivity contribution in [2.45, 2.75) is 102 Å². The smallest absolute Gasteiger partial charge is 0.318 e. The summed E-state index contributed by atoms with van der Waals surface area (Å²) in [6.45, 7) is 6.15. The van der Waals surface area contributed by atoms with Gasteiger partial charge >= 0.3 is 6.03 Å². The van der Waals surface area contributed by atoms with Crippen LogP contribution in [0.2, 0.25) is 0 Å². The van der Waals surface area contributed by atoms with Gasteiger partial charge in [-0.2, -0.15) is 0 Å². The zero-order valence-electron chi connectivity index (χ0n) is 24.9. The van der Waals surface area contributed by atoms with Gasteiger partial charge in [0, 0.05) is 58.5 Å². The van der Waals surface area contributed by atoms with E-state index in [0.29, 0.717) is 26.1 Å². The number of carbonyl (C=O) groups is 3. The second-order valence-electron chi connectivity index (χ2n) is 12.4. The molecule has 0 bridgehead atoms. The van der Waals surface area contributed by atoms with Crippen molar-refractivity contribution in [1.82, 2.24) is 20.4 Å². The molecule has 2 saturated heterocycles. The molecule has 0 radical (unpaired) electrons. The first-order chi connectivity index (χ1) is 19.2. The Labute approximate surface area is 240 Å². The van der Waals surface area contributed by atoms with Crippen LogP contribution in [0.1, 0.15) is 77.2 Å². The molecule has 2 N–H and O–H groups in total. The van der Waals surface area contributed by atoms with Crippen molar-refractivity contribution >= 4 is 23.5 Å². The third-order valence-electron chi connectivity index (χ3n) is 8.42. The van der Waals surface area contributed by atoms with Crippen LogP contribution in [0.4, 0.5) is 10.5 Å². The fraction of sp³-hybridized carbons (Fsp3) is 0.710. The molecule has 9 heteroatoms. The summed E-state index contributed by atoms with van der Waals surface area (Å²) in [5, 5.41) is 6.26. The predicted molar refractivity (Wildman–Crippen MR) is 157 cm³/mol. The minimum Gasteiger partial charge on any atom is -0.378 e. The van der Waals surface area contributed by atoms with E-state index >= 15 is 0 Å². The highest BCUT2D eigenvalue weighted by Crippen LogP contribution is 2.28. The fourth-order valence-corrected chi connectivity index (χ4v) is 6.23. The Balaban J connectivity index is 1.54. The van der Waals surface area contributed by atoms with Crippen LogP contribution >= 0.6 is 0 Å². The van der Waals surface area contributed by atoms with E-state index in [0.717, 1.165) is 56.4 Å². The van der Waals surface area contributed by atoms with Crippen molar-refractivity contribution in [3.8, 4) is 0 Å². The molecule has 3 atom stereocenters. The number of nitrogens with one attached hydrogen (secondary N) is 2. The number of piperazine rings is 1. The first-order valence-corrected chi connectivity index (χ1v) is 15.2. The molecule has 4 amide bonds. The van der Waals surface area contributed by atoms with E-state index in [-0.39, 0.29) is 42.3 Å². The zero-order chi connectivity index (χ0) is 28.6. The molecular weight excluding hydrogens is 506 g/mol. The Morgan fingerprint density at radius 3 is 2.40 bits per heavy atom. The normalized spacial score (nSPS) is 23.9. The van der Waals surface area contributed by atoms with Crippen LogP contribution in [0.15, 0.2) is 24.3 Å². The maximum absolute atomic E-state index is 14.0. The fourth-order valence-electron chi connectivity index (χ4n) is 6.23. The molecule has 40 heavy (non-hydrogen) atoms. The summed E-state index contributed by atoms with van der Waals surface area (Å²) in [7, 11) is 4.00. The lowest BCUT2D eigenvalue weighted by atomic mass is 9.93. The monoisotopic (exact) mass is 555 g/mol. The largest absolute Gasteiger partial charge is 0.378 e. The minimum atomic E-state index is -0.602. The number of amides is 4. The van der Waals surface area contributed by atoms with Crippen molar-refractivity contribution in [1.29, 1.82) is 0 Å². The molecule has 1 aliphatic carbocycles.